The van der Waals surface area contributed by atoms with E-state index in [1.165, 1.54) is 0 Å². The molecule has 1 saturated heterocycles. The topological polar surface area (TPSA) is 41.1 Å². The van der Waals surface area contributed by atoms with Crippen LogP contribution in [-0.2, 0) is 0 Å². The van der Waals surface area contributed by atoms with Gasteiger partial charge in [-0.25, -0.2) is 8.78 Å². The Morgan fingerprint density at radius 3 is 2.74 bits per heavy atom. The summed E-state index contributed by atoms with van der Waals surface area (Å²) in [5.74, 6) is -1.87. The van der Waals surface area contributed by atoms with E-state index in [0.717, 1.165) is 44.1 Å². The van der Waals surface area contributed by atoms with Crippen molar-refractivity contribution in [1.29, 1.82) is 0 Å². The standard InChI is InChI=1S/C14H18F2N2O/c1-14(4-6-17-7-5-14)9-18-13(19)11-8-10(15)2-3-12(11)16/h2-3,8,17H,4-7,9H2,1H3,(H,18,19). The second-order valence-electron chi connectivity index (χ2n) is 5.37. The van der Waals surface area contributed by atoms with E-state index in [0.29, 0.717) is 6.54 Å². The van der Waals surface area contributed by atoms with E-state index in [1.807, 2.05) is 0 Å². The smallest absolute Gasteiger partial charge is 0.254 e. The van der Waals surface area contributed by atoms with Crippen molar-refractivity contribution in [2.45, 2.75) is 19.8 Å². The van der Waals surface area contributed by atoms with Gasteiger partial charge in [-0.2, -0.15) is 0 Å². The van der Waals surface area contributed by atoms with Crippen LogP contribution in [0.4, 0.5) is 8.78 Å². The predicted octanol–water partition coefficient (Wildman–Crippen LogP) is 2.08. The van der Waals surface area contributed by atoms with Gasteiger partial charge in [0.25, 0.3) is 5.91 Å². The highest BCUT2D eigenvalue weighted by molar-refractivity contribution is 5.94. The third kappa shape index (κ3) is 3.50. The maximum Gasteiger partial charge on any atom is 0.254 e. The summed E-state index contributed by atoms with van der Waals surface area (Å²) in [6, 6.07) is 2.89. The van der Waals surface area contributed by atoms with Crippen molar-refractivity contribution >= 4 is 5.91 Å². The Morgan fingerprint density at radius 2 is 2.05 bits per heavy atom. The first-order valence-electron chi connectivity index (χ1n) is 6.44. The highest BCUT2D eigenvalue weighted by Crippen LogP contribution is 2.26. The largest absolute Gasteiger partial charge is 0.351 e. The number of amides is 1. The summed E-state index contributed by atoms with van der Waals surface area (Å²) in [7, 11) is 0. The second kappa shape index (κ2) is 5.65. The number of carbonyl (C=O) groups excluding carboxylic acids is 1. The van der Waals surface area contributed by atoms with E-state index in [2.05, 4.69) is 17.6 Å². The van der Waals surface area contributed by atoms with Crippen molar-refractivity contribution in [2.75, 3.05) is 19.6 Å². The third-order valence-corrected chi connectivity index (χ3v) is 3.66. The Kier molecular flexibility index (Phi) is 4.14. The van der Waals surface area contributed by atoms with Crippen LogP contribution in [0.1, 0.15) is 30.1 Å². The predicted molar refractivity (Wildman–Crippen MR) is 68.9 cm³/mol. The van der Waals surface area contributed by atoms with E-state index in [4.69, 9.17) is 0 Å². The number of halogens is 2. The average molecular weight is 268 g/mol. The van der Waals surface area contributed by atoms with Gasteiger partial charge in [-0.1, -0.05) is 6.92 Å². The molecule has 0 aromatic heterocycles. The summed E-state index contributed by atoms with van der Waals surface area (Å²) < 4.78 is 26.5. The minimum absolute atomic E-state index is 0.0186. The maximum absolute atomic E-state index is 13.4. The van der Waals surface area contributed by atoms with Crippen molar-refractivity contribution in [1.82, 2.24) is 10.6 Å². The van der Waals surface area contributed by atoms with E-state index in [1.54, 1.807) is 0 Å². The molecule has 1 heterocycles. The number of nitrogens with one attached hydrogen (secondary N) is 2. The number of rotatable bonds is 3. The van der Waals surface area contributed by atoms with Crippen molar-refractivity contribution in [2.24, 2.45) is 5.41 Å². The van der Waals surface area contributed by atoms with Crippen LogP contribution in [0, 0.1) is 17.0 Å². The fourth-order valence-electron chi connectivity index (χ4n) is 2.27. The van der Waals surface area contributed by atoms with Gasteiger partial charge >= 0.3 is 0 Å². The molecule has 3 nitrogen and oxygen atoms in total. The van der Waals surface area contributed by atoms with Crippen LogP contribution in [0.15, 0.2) is 18.2 Å². The molecule has 19 heavy (non-hydrogen) atoms. The Balaban J connectivity index is 1.99. The first-order chi connectivity index (χ1) is 9.00. The lowest BCUT2D eigenvalue weighted by atomic mass is 9.81. The molecule has 0 bridgehead atoms. The summed E-state index contributed by atoms with van der Waals surface area (Å²) in [6.07, 6.45) is 1.91. The highest BCUT2D eigenvalue weighted by atomic mass is 19.1. The van der Waals surface area contributed by atoms with E-state index in [9.17, 15) is 13.6 Å². The van der Waals surface area contributed by atoms with Crippen LogP contribution in [0.2, 0.25) is 0 Å². The SMILES string of the molecule is CC1(CNC(=O)c2cc(F)ccc2F)CCNCC1. The van der Waals surface area contributed by atoms with Gasteiger partial charge in [-0.05, 0) is 49.5 Å². The van der Waals surface area contributed by atoms with Gasteiger partial charge in [0.05, 0.1) is 5.56 Å². The molecule has 0 radical (unpaired) electrons. The molecule has 1 aliphatic heterocycles. The zero-order valence-corrected chi connectivity index (χ0v) is 10.9. The summed E-state index contributed by atoms with van der Waals surface area (Å²) in [5, 5.41) is 5.96. The van der Waals surface area contributed by atoms with E-state index < -0.39 is 17.5 Å². The number of piperidine rings is 1. The van der Waals surface area contributed by atoms with Gasteiger partial charge < -0.3 is 10.6 Å². The van der Waals surface area contributed by atoms with Crippen LogP contribution in [0.3, 0.4) is 0 Å². The van der Waals surface area contributed by atoms with Crippen molar-refractivity contribution in [3.05, 3.63) is 35.4 Å². The lowest BCUT2D eigenvalue weighted by Crippen LogP contribution is -2.43. The van der Waals surface area contributed by atoms with Crippen LogP contribution < -0.4 is 10.6 Å². The fourth-order valence-corrected chi connectivity index (χ4v) is 2.27. The third-order valence-electron chi connectivity index (χ3n) is 3.66. The molecule has 0 spiro atoms. The molecule has 0 atom stereocenters. The first-order valence-corrected chi connectivity index (χ1v) is 6.44. The van der Waals surface area contributed by atoms with Crippen LogP contribution in [0.25, 0.3) is 0 Å². The van der Waals surface area contributed by atoms with Gasteiger partial charge in [0.15, 0.2) is 0 Å². The van der Waals surface area contributed by atoms with Crippen molar-refractivity contribution < 1.29 is 13.6 Å². The second-order valence-corrected chi connectivity index (χ2v) is 5.37. The van der Waals surface area contributed by atoms with Gasteiger partial charge in [0.2, 0.25) is 0 Å². The Hall–Kier alpha value is -1.49. The molecule has 0 unspecified atom stereocenters. The lowest BCUT2D eigenvalue weighted by molar-refractivity contribution is 0.0917. The number of benzene rings is 1. The van der Waals surface area contributed by atoms with Crippen LogP contribution in [0.5, 0.6) is 0 Å². The summed E-state index contributed by atoms with van der Waals surface area (Å²) in [4.78, 5) is 11.9. The quantitative estimate of drug-likeness (QED) is 0.881. The zero-order valence-electron chi connectivity index (χ0n) is 10.9. The normalized spacial score (nSPS) is 18.1. The number of carbonyl (C=O) groups is 1. The molecule has 0 saturated carbocycles. The molecule has 1 aromatic carbocycles. The molecule has 5 heteroatoms. The van der Waals surface area contributed by atoms with Crippen LogP contribution >= 0.6 is 0 Å². The number of hydrogen-bond donors (Lipinski definition) is 2. The molecule has 1 aliphatic rings. The molecule has 2 N–H and O–H groups in total. The maximum atomic E-state index is 13.4. The Bertz CT molecular complexity index is 471. The van der Waals surface area contributed by atoms with E-state index in [-0.39, 0.29) is 11.0 Å². The van der Waals surface area contributed by atoms with Crippen molar-refractivity contribution in [3.8, 4) is 0 Å². The molecule has 1 amide bonds. The van der Waals surface area contributed by atoms with Crippen LogP contribution in [-0.4, -0.2) is 25.5 Å². The molecular formula is C14H18F2N2O. The highest BCUT2D eigenvalue weighted by Gasteiger charge is 2.27. The molecule has 2 rings (SSSR count). The molecule has 104 valence electrons. The first kappa shape index (κ1) is 13.9. The summed E-state index contributed by atoms with van der Waals surface area (Å²) in [6.45, 7) is 4.40. The van der Waals surface area contributed by atoms with Gasteiger partial charge in [-0.15, -0.1) is 0 Å². The molecular weight excluding hydrogens is 250 g/mol. The van der Waals surface area contributed by atoms with Gasteiger partial charge in [0.1, 0.15) is 11.6 Å². The van der Waals surface area contributed by atoms with Crippen molar-refractivity contribution in [3.63, 3.8) is 0 Å². The van der Waals surface area contributed by atoms with E-state index >= 15 is 0 Å². The lowest BCUT2D eigenvalue weighted by Gasteiger charge is -2.34. The monoisotopic (exact) mass is 268 g/mol. The molecule has 1 aromatic rings. The number of hydrogen-bond acceptors (Lipinski definition) is 2. The summed E-state index contributed by atoms with van der Waals surface area (Å²) >= 11 is 0. The van der Waals surface area contributed by atoms with Gasteiger partial charge in [0, 0.05) is 6.54 Å². The minimum Gasteiger partial charge on any atom is -0.351 e. The Labute approximate surface area is 111 Å². The Morgan fingerprint density at radius 1 is 1.37 bits per heavy atom. The van der Waals surface area contributed by atoms with Gasteiger partial charge in [-0.3, -0.25) is 4.79 Å². The summed E-state index contributed by atoms with van der Waals surface area (Å²) in [5.41, 5.74) is -0.220. The fraction of sp³-hybridized carbons (Fsp3) is 0.500. The minimum atomic E-state index is -0.700. The molecule has 0 aliphatic carbocycles. The zero-order chi connectivity index (χ0) is 13.9. The molecule has 1 fully saturated rings. The average Bonchev–Trinajstić information content (AvgIpc) is 2.40.